The number of nitrogens with one attached hydrogen (secondary N) is 2. The van der Waals surface area contributed by atoms with Gasteiger partial charge in [0.05, 0.1) is 11.7 Å². The number of hydrogen-bond acceptors (Lipinski definition) is 7. The smallest absolute Gasteiger partial charge is 0.162 e. The van der Waals surface area contributed by atoms with Crippen molar-refractivity contribution in [3.8, 4) is 11.4 Å². The molecule has 1 aliphatic carbocycles. The minimum atomic E-state index is -0.272. The minimum Gasteiger partial charge on any atom is -0.353 e. The Hall–Kier alpha value is -3.65. The van der Waals surface area contributed by atoms with Crippen LogP contribution < -0.4 is 15.5 Å². The zero-order chi connectivity index (χ0) is 23.1. The lowest BCUT2D eigenvalue weighted by Gasteiger charge is -2.33. The molecule has 172 valence electrons. The molecule has 1 saturated heterocycles. The van der Waals surface area contributed by atoms with Gasteiger partial charge in [-0.3, -0.25) is 4.98 Å². The fourth-order valence-corrected chi connectivity index (χ4v) is 4.59. The molecule has 8 heteroatoms. The lowest BCUT2D eigenvalue weighted by Crippen LogP contribution is -2.49. The average molecular weight is 456 g/mol. The molecule has 7 nitrogen and oxygen atoms in total. The Balaban J connectivity index is 1.43. The Kier molecular flexibility index (Phi) is 5.30. The summed E-state index contributed by atoms with van der Waals surface area (Å²) in [5.74, 6) is 2.56. The van der Waals surface area contributed by atoms with Crippen molar-refractivity contribution < 1.29 is 4.39 Å². The van der Waals surface area contributed by atoms with Gasteiger partial charge in [0, 0.05) is 54.7 Å². The molecular formula is C26H26FN7. The number of halogens is 1. The van der Waals surface area contributed by atoms with Gasteiger partial charge in [-0.25, -0.2) is 19.3 Å². The number of anilines is 3. The van der Waals surface area contributed by atoms with E-state index in [0.29, 0.717) is 23.6 Å². The molecule has 2 N–H and O–H groups in total. The summed E-state index contributed by atoms with van der Waals surface area (Å²) in [4.78, 5) is 21.4. The second-order valence-corrected chi connectivity index (χ2v) is 9.13. The quantitative estimate of drug-likeness (QED) is 0.454. The highest BCUT2D eigenvalue weighted by molar-refractivity contribution is 5.94. The fraction of sp³-hybridized carbons (Fsp3) is 0.308. The summed E-state index contributed by atoms with van der Waals surface area (Å²) in [6, 6.07) is 10.4. The topological polar surface area (TPSA) is 78.9 Å². The summed E-state index contributed by atoms with van der Waals surface area (Å²) in [5, 5.41) is 7.89. The van der Waals surface area contributed by atoms with E-state index in [2.05, 4.69) is 32.4 Å². The largest absolute Gasteiger partial charge is 0.353 e. The number of fused-ring (bicyclic) bond motifs is 1. The third kappa shape index (κ3) is 4.17. The highest BCUT2D eigenvalue weighted by Gasteiger charge is 2.30. The lowest BCUT2D eigenvalue weighted by atomic mass is 10.1. The van der Waals surface area contributed by atoms with Crippen molar-refractivity contribution in [3.05, 3.63) is 66.4 Å². The molecule has 4 aromatic rings. The molecule has 0 radical (unpaired) electrons. The van der Waals surface area contributed by atoms with Crippen LogP contribution in [-0.2, 0) is 0 Å². The minimum absolute atomic E-state index is 0.272. The summed E-state index contributed by atoms with van der Waals surface area (Å²) in [5.41, 5.74) is 3.76. The van der Waals surface area contributed by atoms with Crippen molar-refractivity contribution in [3.63, 3.8) is 0 Å². The number of benzene rings is 1. The molecule has 0 amide bonds. The van der Waals surface area contributed by atoms with Crippen LogP contribution in [0.5, 0.6) is 0 Å². The Morgan fingerprint density at radius 3 is 2.74 bits per heavy atom. The molecule has 1 aromatic carbocycles. The van der Waals surface area contributed by atoms with Gasteiger partial charge in [-0.1, -0.05) is 0 Å². The molecule has 0 spiro atoms. The van der Waals surface area contributed by atoms with Crippen LogP contribution in [0.4, 0.5) is 21.7 Å². The average Bonchev–Trinajstić information content (AvgIpc) is 3.70. The highest BCUT2D eigenvalue weighted by Crippen LogP contribution is 2.45. The second-order valence-electron chi connectivity index (χ2n) is 9.13. The Labute approximate surface area is 197 Å². The van der Waals surface area contributed by atoms with E-state index in [9.17, 15) is 4.39 Å². The predicted octanol–water partition coefficient (Wildman–Crippen LogP) is 4.65. The van der Waals surface area contributed by atoms with E-state index in [0.717, 1.165) is 47.6 Å². The van der Waals surface area contributed by atoms with E-state index in [1.807, 2.05) is 24.5 Å². The van der Waals surface area contributed by atoms with Crippen LogP contribution in [0.15, 0.2) is 55.0 Å². The third-order valence-corrected chi connectivity index (χ3v) is 6.44. The van der Waals surface area contributed by atoms with E-state index >= 15 is 0 Å². The molecule has 4 heterocycles. The van der Waals surface area contributed by atoms with Gasteiger partial charge in [0.1, 0.15) is 17.5 Å². The zero-order valence-electron chi connectivity index (χ0n) is 19.0. The number of hydrogen-bond donors (Lipinski definition) is 2. The van der Waals surface area contributed by atoms with Crippen molar-refractivity contribution in [1.29, 1.82) is 0 Å². The molecule has 2 aliphatic rings. The van der Waals surface area contributed by atoms with Crippen molar-refractivity contribution in [2.45, 2.75) is 31.7 Å². The normalized spacial score (nSPS) is 18.3. The van der Waals surface area contributed by atoms with Crippen LogP contribution in [0.2, 0.25) is 0 Å². The lowest BCUT2D eigenvalue weighted by molar-refractivity contribution is 0.483. The standard InChI is InChI=1S/C26H26FN7/c1-16-15-34(11-10-29-16)26-24-21(17-2-3-17)13-28-14-22(24)32-25(33-26)18-8-9-30-23(12-18)31-20-6-4-19(27)5-7-20/h4-9,12-14,16-17,29H,2-3,10-11,15H2,1H3,(H,30,31). The van der Waals surface area contributed by atoms with Gasteiger partial charge >= 0.3 is 0 Å². The van der Waals surface area contributed by atoms with Gasteiger partial charge < -0.3 is 15.5 Å². The van der Waals surface area contributed by atoms with Crippen LogP contribution in [-0.4, -0.2) is 45.6 Å². The van der Waals surface area contributed by atoms with Gasteiger partial charge in [-0.15, -0.1) is 0 Å². The first-order valence-corrected chi connectivity index (χ1v) is 11.8. The van der Waals surface area contributed by atoms with E-state index in [-0.39, 0.29) is 5.82 Å². The van der Waals surface area contributed by atoms with Gasteiger partial charge in [0.2, 0.25) is 0 Å². The van der Waals surface area contributed by atoms with Gasteiger partial charge in [0.25, 0.3) is 0 Å². The number of nitrogens with zero attached hydrogens (tertiary/aromatic N) is 5. The van der Waals surface area contributed by atoms with E-state index < -0.39 is 0 Å². The predicted molar refractivity (Wildman–Crippen MR) is 132 cm³/mol. The van der Waals surface area contributed by atoms with Crippen LogP contribution in [0.1, 0.15) is 31.2 Å². The van der Waals surface area contributed by atoms with Crippen LogP contribution in [0.3, 0.4) is 0 Å². The first kappa shape index (κ1) is 20.9. The maximum atomic E-state index is 13.3. The molecule has 0 bridgehead atoms. The monoisotopic (exact) mass is 455 g/mol. The maximum Gasteiger partial charge on any atom is 0.162 e. The van der Waals surface area contributed by atoms with Crippen LogP contribution in [0, 0.1) is 5.82 Å². The highest BCUT2D eigenvalue weighted by atomic mass is 19.1. The summed E-state index contributed by atoms with van der Waals surface area (Å²) in [6.45, 7) is 4.92. The van der Waals surface area contributed by atoms with Gasteiger partial charge in [-0.05, 0) is 67.6 Å². The SMILES string of the molecule is CC1CN(c2nc(-c3ccnc(Nc4ccc(F)cc4)c3)nc3cncc(C4CC4)c23)CCN1. The van der Waals surface area contributed by atoms with Crippen molar-refractivity contribution >= 4 is 28.2 Å². The van der Waals surface area contributed by atoms with Crippen molar-refractivity contribution in [1.82, 2.24) is 25.3 Å². The number of aromatic nitrogens is 4. The Bertz CT molecular complexity index is 1340. The summed E-state index contributed by atoms with van der Waals surface area (Å²) in [7, 11) is 0. The number of rotatable bonds is 5. The van der Waals surface area contributed by atoms with Crippen LogP contribution >= 0.6 is 0 Å². The molecule has 1 atom stereocenters. The second kappa shape index (κ2) is 8.61. The van der Waals surface area contributed by atoms with E-state index in [1.54, 1.807) is 18.3 Å². The molecule has 1 saturated carbocycles. The van der Waals surface area contributed by atoms with Crippen molar-refractivity contribution in [2.24, 2.45) is 0 Å². The Morgan fingerprint density at radius 2 is 1.94 bits per heavy atom. The van der Waals surface area contributed by atoms with Crippen molar-refractivity contribution in [2.75, 3.05) is 29.9 Å². The summed E-state index contributed by atoms with van der Waals surface area (Å²) < 4.78 is 13.3. The molecule has 6 rings (SSSR count). The summed E-state index contributed by atoms with van der Waals surface area (Å²) in [6.07, 6.45) is 7.97. The fourth-order valence-electron chi connectivity index (χ4n) is 4.59. The molecular weight excluding hydrogens is 429 g/mol. The molecule has 3 aromatic heterocycles. The molecule has 1 aliphatic heterocycles. The molecule has 1 unspecified atom stereocenters. The first-order valence-electron chi connectivity index (χ1n) is 11.8. The van der Waals surface area contributed by atoms with E-state index in [1.165, 1.54) is 30.5 Å². The zero-order valence-corrected chi connectivity index (χ0v) is 19.0. The van der Waals surface area contributed by atoms with Crippen LogP contribution in [0.25, 0.3) is 22.3 Å². The van der Waals surface area contributed by atoms with Gasteiger partial charge in [-0.2, -0.15) is 0 Å². The maximum absolute atomic E-state index is 13.3. The van der Waals surface area contributed by atoms with Gasteiger partial charge in [0.15, 0.2) is 5.82 Å². The molecule has 34 heavy (non-hydrogen) atoms. The number of pyridine rings is 2. The third-order valence-electron chi connectivity index (χ3n) is 6.44. The van der Waals surface area contributed by atoms with E-state index in [4.69, 9.17) is 9.97 Å². The molecule has 2 fully saturated rings. The summed E-state index contributed by atoms with van der Waals surface area (Å²) >= 11 is 0. The Morgan fingerprint density at radius 1 is 1.09 bits per heavy atom. The number of piperazine rings is 1. The first-order chi connectivity index (χ1) is 16.6.